The van der Waals surface area contributed by atoms with Crippen LogP contribution in [-0.2, 0) is 9.59 Å². The Morgan fingerprint density at radius 3 is 2.04 bits per heavy atom. The first kappa shape index (κ1) is 17.6. The van der Waals surface area contributed by atoms with Gasteiger partial charge in [-0.1, -0.05) is 61.9 Å². The van der Waals surface area contributed by atoms with Crippen LogP contribution in [0.15, 0.2) is 24.3 Å². The molecule has 4 nitrogen and oxygen atoms in total. The van der Waals surface area contributed by atoms with Crippen molar-refractivity contribution in [2.75, 3.05) is 6.54 Å². The number of aryl methyl sites for hydroxylation is 1. The Labute approximate surface area is 156 Å². The molecule has 1 aromatic carbocycles. The van der Waals surface area contributed by atoms with Crippen molar-refractivity contribution < 1.29 is 9.59 Å². The van der Waals surface area contributed by atoms with Crippen LogP contribution in [0.1, 0.15) is 75.0 Å². The normalized spacial score (nSPS) is 26.0. The molecule has 0 bridgehead atoms. The summed E-state index contributed by atoms with van der Waals surface area (Å²) in [6, 6.07) is 8.24. The Morgan fingerprint density at radius 1 is 0.808 bits per heavy atom. The summed E-state index contributed by atoms with van der Waals surface area (Å²) in [5.74, 6) is 0.292. The van der Waals surface area contributed by atoms with Crippen molar-refractivity contribution in [1.82, 2.24) is 9.80 Å². The van der Waals surface area contributed by atoms with E-state index in [1.165, 1.54) is 24.8 Å². The number of nitrogens with zero attached hydrogens (tertiary/aromatic N) is 2. The molecule has 1 saturated heterocycles. The minimum absolute atomic E-state index is 0.144. The average Bonchev–Trinajstić information content (AvgIpc) is 3.19. The molecule has 26 heavy (non-hydrogen) atoms. The molecule has 140 valence electrons. The van der Waals surface area contributed by atoms with Crippen molar-refractivity contribution in [2.24, 2.45) is 0 Å². The number of hydrogen-bond acceptors (Lipinski definition) is 2. The number of piperazine rings is 1. The van der Waals surface area contributed by atoms with Gasteiger partial charge in [-0.3, -0.25) is 9.59 Å². The Kier molecular flexibility index (Phi) is 5.01. The molecule has 4 heteroatoms. The lowest BCUT2D eigenvalue weighted by Crippen LogP contribution is -2.60. The van der Waals surface area contributed by atoms with Gasteiger partial charge in [0.25, 0.3) is 5.91 Å². The van der Waals surface area contributed by atoms with E-state index < -0.39 is 6.04 Å². The van der Waals surface area contributed by atoms with Gasteiger partial charge in [-0.25, -0.2) is 0 Å². The van der Waals surface area contributed by atoms with E-state index in [1.54, 1.807) is 0 Å². The van der Waals surface area contributed by atoms with E-state index in [0.717, 1.165) is 44.1 Å². The van der Waals surface area contributed by atoms with Crippen molar-refractivity contribution in [2.45, 2.75) is 82.8 Å². The van der Waals surface area contributed by atoms with Crippen molar-refractivity contribution in [3.63, 3.8) is 0 Å². The van der Waals surface area contributed by atoms with Crippen LogP contribution in [0.3, 0.4) is 0 Å². The topological polar surface area (TPSA) is 40.6 Å². The molecule has 2 amide bonds. The fourth-order valence-corrected chi connectivity index (χ4v) is 5.08. The maximum absolute atomic E-state index is 13.5. The molecular weight excluding hydrogens is 324 g/mol. The SMILES string of the molecule is Cc1ccc([C@H]2C(=O)N(C3CCCC3)CC(=O)N2C2CCCCC2)cc1. The maximum Gasteiger partial charge on any atom is 0.250 e. The molecule has 1 heterocycles. The molecule has 0 N–H and O–H groups in total. The Bertz CT molecular complexity index is 657. The zero-order chi connectivity index (χ0) is 18.1. The molecular formula is C22H30N2O2. The molecule has 0 unspecified atom stereocenters. The highest BCUT2D eigenvalue weighted by atomic mass is 16.2. The number of carbonyl (C=O) groups excluding carboxylic acids is 2. The number of rotatable bonds is 3. The predicted molar refractivity (Wildman–Crippen MR) is 102 cm³/mol. The van der Waals surface area contributed by atoms with E-state index in [0.29, 0.717) is 0 Å². The van der Waals surface area contributed by atoms with Crippen LogP contribution in [0, 0.1) is 6.92 Å². The fraction of sp³-hybridized carbons (Fsp3) is 0.636. The zero-order valence-electron chi connectivity index (χ0n) is 15.8. The zero-order valence-corrected chi connectivity index (χ0v) is 15.8. The van der Waals surface area contributed by atoms with Gasteiger partial charge in [0.2, 0.25) is 5.91 Å². The second-order valence-electron chi connectivity index (χ2n) is 8.31. The van der Waals surface area contributed by atoms with E-state index in [9.17, 15) is 9.59 Å². The molecule has 2 aliphatic carbocycles. The summed E-state index contributed by atoms with van der Waals surface area (Å²) in [4.78, 5) is 30.6. The summed E-state index contributed by atoms with van der Waals surface area (Å²) in [6.07, 6.45) is 10.1. The first-order valence-electron chi connectivity index (χ1n) is 10.3. The molecule has 0 aromatic heterocycles. The van der Waals surface area contributed by atoms with E-state index in [-0.39, 0.29) is 30.4 Å². The Morgan fingerprint density at radius 2 is 1.38 bits per heavy atom. The highest BCUT2D eigenvalue weighted by molar-refractivity contribution is 5.96. The van der Waals surface area contributed by atoms with Gasteiger partial charge in [0.1, 0.15) is 12.6 Å². The highest BCUT2D eigenvalue weighted by Gasteiger charge is 2.45. The van der Waals surface area contributed by atoms with Gasteiger partial charge in [0.15, 0.2) is 0 Å². The van der Waals surface area contributed by atoms with Crippen molar-refractivity contribution in [3.05, 3.63) is 35.4 Å². The van der Waals surface area contributed by atoms with Crippen molar-refractivity contribution >= 4 is 11.8 Å². The van der Waals surface area contributed by atoms with E-state index in [2.05, 4.69) is 19.1 Å². The first-order chi connectivity index (χ1) is 12.6. The maximum atomic E-state index is 13.5. The summed E-state index contributed by atoms with van der Waals surface area (Å²) in [6.45, 7) is 2.34. The lowest BCUT2D eigenvalue weighted by Gasteiger charge is -2.47. The largest absolute Gasteiger partial charge is 0.328 e. The van der Waals surface area contributed by atoms with Gasteiger partial charge in [-0.05, 0) is 38.2 Å². The third-order valence-corrected chi connectivity index (χ3v) is 6.52. The smallest absolute Gasteiger partial charge is 0.250 e. The van der Waals surface area contributed by atoms with Crippen LogP contribution in [0.4, 0.5) is 0 Å². The molecule has 1 aromatic rings. The standard InChI is InChI=1S/C22H30N2O2/c1-16-11-13-17(14-12-16)21-22(26)23(18-7-5-6-8-18)15-20(25)24(21)19-9-3-2-4-10-19/h11-14,18-19,21H,2-10,15H2,1H3/t21-/m0/s1. The highest BCUT2D eigenvalue weighted by Crippen LogP contribution is 2.37. The second-order valence-corrected chi connectivity index (χ2v) is 8.31. The van der Waals surface area contributed by atoms with E-state index in [1.807, 2.05) is 21.9 Å². The molecule has 1 atom stereocenters. The number of carbonyl (C=O) groups is 2. The van der Waals surface area contributed by atoms with Crippen LogP contribution in [0.5, 0.6) is 0 Å². The minimum atomic E-state index is -0.430. The summed E-state index contributed by atoms with van der Waals surface area (Å²) >= 11 is 0. The summed E-state index contributed by atoms with van der Waals surface area (Å²) in [5.41, 5.74) is 2.16. The van der Waals surface area contributed by atoms with Crippen LogP contribution >= 0.6 is 0 Å². The summed E-state index contributed by atoms with van der Waals surface area (Å²) in [7, 11) is 0. The Balaban J connectivity index is 1.68. The van der Waals surface area contributed by atoms with Crippen LogP contribution in [-0.4, -0.2) is 40.2 Å². The van der Waals surface area contributed by atoms with Gasteiger partial charge in [-0.2, -0.15) is 0 Å². The van der Waals surface area contributed by atoms with E-state index in [4.69, 9.17) is 0 Å². The van der Waals surface area contributed by atoms with E-state index >= 15 is 0 Å². The summed E-state index contributed by atoms with van der Waals surface area (Å²) in [5, 5.41) is 0. The monoisotopic (exact) mass is 354 g/mol. The van der Waals surface area contributed by atoms with Crippen LogP contribution in [0.25, 0.3) is 0 Å². The average molecular weight is 354 g/mol. The molecule has 0 radical (unpaired) electrons. The second kappa shape index (κ2) is 7.42. The van der Waals surface area contributed by atoms with Gasteiger partial charge in [-0.15, -0.1) is 0 Å². The minimum Gasteiger partial charge on any atom is -0.328 e. The number of amides is 2. The van der Waals surface area contributed by atoms with Gasteiger partial charge in [0.05, 0.1) is 0 Å². The van der Waals surface area contributed by atoms with Crippen LogP contribution in [0.2, 0.25) is 0 Å². The number of benzene rings is 1. The third kappa shape index (κ3) is 3.26. The lowest BCUT2D eigenvalue weighted by molar-refractivity contribution is -0.162. The van der Waals surface area contributed by atoms with Gasteiger partial charge < -0.3 is 9.80 Å². The summed E-state index contributed by atoms with van der Waals surface area (Å²) < 4.78 is 0. The molecule has 0 spiro atoms. The molecule has 4 rings (SSSR count). The predicted octanol–water partition coefficient (Wildman–Crippen LogP) is 3.98. The Hall–Kier alpha value is -1.84. The fourth-order valence-electron chi connectivity index (χ4n) is 5.08. The molecule has 3 fully saturated rings. The van der Waals surface area contributed by atoms with Gasteiger partial charge >= 0.3 is 0 Å². The van der Waals surface area contributed by atoms with Gasteiger partial charge in [0, 0.05) is 12.1 Å². The lowest BCUT2D eigenvalue weighted by atomic mass is 9.89. The molecule has 2 saturated carbocycles. The first-order valence-corrected chi connectivity index (χ1v) is 10.3. The molecule has 3 aliphatic rings. The quantitative estimate of drug-likeness (QED) is 0.824. The number of hydrogen-bond donors (Lipinski definition) is 0. The molecule has 1 aliphatic heterocycles. The van der Waals surface area contributed by atoms with Crippen molar-refractivity contribution in [1.29, 1.82) is 0 Å². The van der Waals surface area contributed by atoms with Crippen molar-refractivity contribution in [3.8, 4) is 0 Å². The third-order valence-electron chi connectivity index (χ3n) is 6.52. The van der Waals surface area contributed by atoms with Crippen LogP contribution < -0.4 is 0 Å².